The van der Waals surface area contributed by atoms with E-state index in [-0.39, 0.29) is 5.56 Å². The van der Waals surface area contributed by atoms with E-state index in [9.17, 15) is 9.59 Å². The predicted molar refractivity (Wildman–Crippen MR) is 65.7 cm³/mol. The molecule has 4 nitrogen and oxygen atoms in total. The molecule has 2 aromatic rings. The van der Waals surface area contributed by atoms with Crippen LogP contribution in [0, 0.1) is 0 Å². The number of aromatic carboxylic acids is 1. The molecule has 5 heteroatoms. The lowest BCUT2D eigenvalue weighted by Gasteiger charge is -2.05. The van der Waals surface area contributed by atoms with Gasteiger partial charge in [0.15, 0.2) is 5.43 Å². The number of carboxylic acids is 1. The fraction of sp³-hybridized carbons (Fsp3) is 0.167. The van der Waals surface area contributed by atoms with Crippen molar-refractivity contribution in [3.63, 3.8) is 0 Å². The van der Waals surface area contributed by atoms with Gasteiger partial charge in [0.25, 0.3) is 0 Å². The first-order chi connectivity index (χ1) is 8.16. The second-order valence-electron chi connectivity index (χ2n) is 3.65. The Bertz CT molecular complexity index is 572. The molecule has 0 aliphatic heterocycles. The lowest BCUT2D eigenvalue weighted by Crippen LogP contribution is -2.17. The average molecular weight is 249 g/mol. The second kappa shape index (κ2) is 4.97. The molecule has 0 fully saturated rings. The molecule has 0 unspecified atom stereocenters. The van der Waals surface area contributed by atoms with Crippen LogP contribution < -0.4 is 5.43 Å². The molecule has 0 bridgehead atoms. The van der Waals surface area contributed by atoms with Crippen molar-refractivity contribution in [2.75, 3.05) is 0 Å². The first-order valence-electron chi connectivity index (χ1n) is 5.11. The quantitative estimate of drug-likeness (QED) is 0.899. The first-order valence-corrected chi connectivity index (χ1v) is 6.05. The summed E-state index contributed by atoms with van der Waals surface area (Å²) < 4.78 is 1.72. The summed E-state index contributed by atoms with van der Waals surface area (Å²) in [4.78, 5) is 22.0. The Hall–Kier alpha value is -1.88. The van der Waals surface area contributed by atoms with Gasteiger partial charge in [-0.1, -0.05) is 0 Å². The van der Waals surface area contributed by atoms with E-state index in [1.54, 1.807) is 22.1 Å². The molecule has 0 aliphatic rings. The molecule has 0 atom stereocenters. The summed E-state index contributed by atoms with van der Waals surface area (Å²) in [6, 6.07) is 3.32. The highest BCUT2D eigenvalue weighted by molar-refractivity contribution is 7.07. The van der Waals surface area contributed by atoms with E-state index in [4.69, 9.17) is 5.11 Å². The van der Waals surface area contributed by atoms with E-state index in [0.29, 0.717) is 6.54 Å². The van der Waals surface area contributed by atoms with Crippen LogP contribution in [0.5, 0.6) is 0 Å². The normalized spacial score (nSPS) is 10.4. The predicted octanol–water partition coefficient (Wildman–Crippen LogP) is 1.85. The molecule has 0 aliphatic carbocycles. The molecule has 0 saturated heterocycles. The van der Waals surface area contributed by atoms with Crippen LogP contribution in [0.3, 0.4) is 0 Å². The van der Waals surface area contributed by atoms with Gasteiger partial charge in [-0.25, -0.2) is 4.79 Å². The number of aromatic nitrogens is 1. The van der Waals surface area contributed by atoms with E-state index in [0.717, 1.165) is 6.42 Å². The number of carboxylic acid groups (broad SMARTS) is 1. The third-order valence-corrected chi connectivity index (χ3v) is 3.18. The fourth-order valence-corrected chi connectivity index (χ4v) is 2.22. The maximum atomic E-state index is 11.3. The minimum Gasteiger partial charge on any atom is -0.477 e. The maximum Gasteiger partial charge on any atom is 0.341 e. The van der Waals surface area contributed by atoms with Crippen molar-refractivity contribution in [2.24, 2.45) is 0 Å². The third kappa shape index (κ3) is 2.82. The van der Waals surface area contributed by atoms with Crippen molar-refractivity contribution in [3.05, 3.63) is 56.6 Å². The van der Waals surface area contributed by atoms with Crippen molar-refractivity contribution in [1.29, 1.82) is 0 Å². The van der Waals surface area contributed by atoms with Crippen molar-refractivity contribution in [3.8, 4) is 0 Å². The standard InChI is InChI=1S/C12H11NO3S/c14-11-2-5-13(7-10(11)12(15)16)4-1-9-3-6-17-8-9/h2-3,5-8H,1,4H2,(H,15,16). The van der Waals surface area contributed by atoms with Crippen LogP contribution in [0.1, 0.15) is 15.9 Å². The molecular formula is C12H11NO3S. The molecule has 0 spiro atoms. The van der Waals surface area contributed by atoms with Crippen molar-refractivity contribution in [2.45, 2.75) is 13.0 Å². The summed E-state index contributed by atoms with van der Waals surface area (Å²) >= 11 is 1.63. The summed E-state index contributed by atoms with van der Waals surface area (Å²) in [5.41, 5.74) is 0.577. The molecule has 2 heterocycles. The van der Waals surface area contributed by atoms with Crippen LogP contribution in [0.2, 0.25) is 0 Å². The molecular weight excluding hydrogens is 238 g/mol. The third-order valence-electron chi connectivity index (χ3n) is 2.45. The molecule has 2 aromatic heterocycles. The average Bonchev–Trinajstić information content (AvgIpc) is 2.80. The minimum absolute atomic E-state index is 0.183. The largest absolute Gasteiger partial charge is 0.477 e. The number of nitrogens with zero attached hydrogens (tertiary/aromatic N) is 1. The van der Waals surface area contributed by atoms with Crippen LogP contribution >= 0.6 is 11.3 Å². The van der Waals surface area contributed by atoms with Crippen molar-refractivity contribution >= 4 is 17.3 Å². The van der Waals surface area contributed by atoms with Gasteiger partial charge >= 0.3 is 5.97 Å². The van der Waals surface area contributed by atoms with Gasteiger partial charge in [-0.2, -0.15) is 11.3 Å². The lowest BCUT2D eigenvalue weighted by atomic mass is 10.2. The minimum atomic E-state index is -1.18. The van der Waals surface area contributed by atoms with Crippen LogP contribution in [-0.4, -0.2) is 15.6 Å². The summed E-state index contributed by atoms with van der Waals surface area (Å²) in [6.07, 6.45) is 3.82. The molecule has 2 rings (SSSR count). The van der Waals surface area contributed by atoms with Gasteiger partial charge in [0.2, 0.25) is 0 Å². The highest BCUT2D eigenvalue weighted by atomic mass is 32.1. The Morgan fingerprint density at radius 2 is 2.24 bits per heavy atom. The zero-order valence-corrected chi connectivity index (χ0v) is 9.81. The number of thiophene rings is 1. The monoisotopic (exact) mass is 249 g/mol. The summed E-state index contributed by atoms with van der Waals surface area (Å²) in [7, 11) is 0. The fourth-order valence-electron chi connectivity index (χ4n) is 1.52. The molecule has 17 heavy (non-hydrogen) atoms. The Balaban J connectivity index is 2.14. The van der Waals surface area contributed by atoms with Gasteiger partial charge in [-0.15, -0.1) is 0 Å². The smallest absolute Gasteiger partial charge is 0.341 e. The number of aryl methyl sites for hydroxylation is 2. The van der Waals surface area contributed by atoms with Crippen molar-refractivity contribution in [1.82, 2.24) is 4.57 Å². The number of hydrogen-bond acceptors (Lipinski definition) is 3. The zero-order chi connectivity index (χ0) is 12.3. The number of hydrogen-bond donors (Lipinski definition) is 1. The zero-order valence-electron chi connectivity index (χ0n) is 9.00. The van der Waals surface area contributed by atoms with Crippen LogP contribution in [0.4, 0.5) is 0 Å². The summed E-state index contributed by atoms with van der Waals surface area (Å²) in [5.74, 6) is -1.18. The van der Waals surface area contributed by atoms with E-state index in [1.807, 2.05) is 11.4 Å². The SMILES string of the molecule is O=C(O)c1cn(CCc2ccsc2)ccc1=O. The summed E-state index contributed by atoms with van der Waals surface area (Å²) in [6.45, 7) is 0.664. The number of carbonyl (C=O) groups is 1. The highest BCUT2D eigenvalue weighted by Gasteiger charge is 2.07. The Kier molecular flexibility index (Phi) is 3.39. The van der Waals surface area contributed by atoms with Gasteiger partial charge in [0.1, 0.15) is 5.56 Å². The van der Waals surface area contributed by atoms with Crippen LogP contribution in [0.15, 0.2) is 40.1 Å². The van der Waals surface area contributed by atoms with Gasteiger partial charge in [-0.3, -0.25) is 4.79 Å². The van der Waals surface area contributed by atoms with Gasteiger partial charge in [0.05, 0.1) is 0 Å². The molecule has 1 N–H and O–H groups in total. The van der Waals surface area contributed by atoms with E-state index in [2.05, 4.69) is 5.38 Å². The number of pyridine rings is 1. The Labute approximate surface area is 102 Å². The maximum absolute atomic E-state index is 11.3. The highest BCUT2D eigenvalue weighted by Crippen LogP contribution is 2.07. The first kappa shape index (κ1) is 11.6. The van der Waals surface area contributed by atoms with E-state index in [1.165, 1.54) is 17.8 Å². The molecule has 88 valence electrons. The molecule has 0 amide bonds. The lowest BCUT2D eigenvalue weighted by molar-refractivity contribution is 0.0694. The van der Waals surface area contributed by atoms with Crippen LogP contribution in [-0.2, 0) is 13.0 Å². The second-order valence-corrected chi connectivity index (χ2v) is 4.43. The Morgan fingerprint density at radius 1 is 1.41 bits per heavy atom. The number of rotatable bonds is 4. The van der Waals surface area contributed by atoms with Gasteiger partial charge in [0, 0.05) is 25.0 Å². The topological polar surface area (TPSA) is 59.3 Å². The summed E-state index contributed by atoms with van der Waals surface area (Å²) in [5, 5.41) is 12.9. The van der Waals surface area contributed by atoms with Gasteiger partial charge in [-0.05, 0) is 28.8 Å². The van der Waals surface area contributed by atoms with Gasteiger partial charge < -0.3 is 9.67 Å². The molecule has 0 radical (unpaired) electrons. The molecule has 0 aromatic carbocycles. The van der Waals surface area contributed by atoms with Crippen molar-refractivity contribution < 1.29 is 9.90 Å². The van der Waals surface area contributed by atoms with E-state index < -0.39 is 11.4 Å². The Morgan fingerprint density at radius 3 is 2.88 bits per heavy atom. The van der Waals surface area contributed by atoms with E-state index >= 15 is 0 Å². The molecule has 0 saturated carbocycles. The van der Waals surface area contributed by atoms with Crippen LogP contribution in [0.25, 0.3) is 0 Å².